The molecule has 0 aliphatic carbocycles. The van der Waals surface area contributed by atoms with Gasteiger partial charge in [0.05, 0.1) is 16.1 Å². The molecule has 0 radical (unpaired) electrons. The fraction of sp³-hybridized carbons (Fsp3) is 0.250. The number of halogens is 1. The summed E-state index contributed by atoms with van der Waals surface area (Å²) < 4.78 is 5.25. The van der Waals surface area contributed by atoms with Crippen molar-refractivity contribution in [1.82, 2.24) is 10.1 Å². The maximum Gasteiger partial charge on any atom is 0.306 e. The molecule has 0 fully saturated rings. The first-order valence-electron chi connectivity index (χ1n) is 7.12. The lowest BCUT2D eigenvalue weighted by Gasteiger charge is -2.10. The van der Waals surface area contributed by atoms with Crippen molar-refractivity contribution in [1.29, 1.82) is 0 Å². The van der Waals surface area contributed by atoms with E-state index in [9.17, 15) is 10.1 Å². The summed E-state index contributed by atoms with van der Waals surface area (Å²) in [6, 6.07) is 3.75. The van der Waals surface area contributed by atoms with Crippen molar-refractivity contribution >= 4 is 28.2 Å². The third kappa shape index (κ3) is 2.45. The lowest BCUT2D eigenvalue weighted by atomic mass is 9.95. The summed E-state index contributed by atoms with van der Waals surface area (Å²) in [5.41, 5.74) is 4.12. The van der Waals surface area contributed by atoms with E-state index in [2.05, 4.69) is 10.1 Å². The van der Waals surface area contributed by atoms with Gasteiger partial charge in [0.1, 0.15) is 17.0 Å². The minimum Gasteiger partial charge on any atom is -0.361 e. The number of hydrogen-bond donors (Lipinski definition) is 0. The highest BCUT2D eigenvalue weighted by atomic mass is 35.5. The Morgan fingerprint density at radius 2 is 2.09 bits per heavy atom. The van der Waals surface area contributed by atoms with Crippen molar-refractivity contribution in [3.8, 4) is 11.1 Å². The van der Waals surface area contributed by atoms with Crippen LogP contribution in [0.1, 0.15) is 23.9 Å². The minimum atomic E-state index is -0.525. The quantitative estimate of drug-likeness (QED) is 0.516. The zero-order chi connectivity index (χ0) is 16.7. The van der Waals surface area contributed by atoms with Crippen LogP contribution in [0.4, 0.5) is 5.69 Å². The molecule has 6 nitrogen and oxygen atoms in total. The highest BCUT2D eigenvalue weighted by molar-refractivity contribution is 6.37. The van der Waals surface area contributed by atoms with E-state index in [4.69, 9.17) is 16.1 Å². The molecule has 3 aromatic rings. The number of benzene rings is 1. The lowest BCUT2D eigenvalue weighted by Crippen LogP contribution is -1.95. The van der Waals surface area contributed by atoms with Crippen molar-refractivity contribution in [2.45, 2.75) is 27.2 Å². The standard InChI is InChI=1S/C16H14ClN3O3/c1-4-10-5-12-13(18-7-14(16(12)17)20(21)22)6-11(10)15-8(2)19-23-9(15)3/h5-7H,4H2,1-3H3. The van der Waals surface area contributed by atoms with Crippen LogP contribution in [0.5, 0.6) is 0 Å². The van der Waals surface area contributed by atoms with E-state index in [1.54, 1.807) is 0 Å². The van der Waals surface area contributed by atoms with Crippen LogP contribution in [0.25, 0.3) is 22.0 Å². The molecule has 0 N–H and O–H groups in total. The molecule has 0 amide bonds. The number of pyridine rings is 1. The molecule has 0 bridgehead atoms. The second kappa shape index (κ2) is 5.62. The average molecular weight is 332 g/mol. The molecular formula is C16H14ClN3O3. The number of aryl methyl sites for hydroxylation is 3. The van der Waals surface area contributed by atoms with Gasteiger partial charge in [0.25, 0.3) is 0 Å². The first kappa shape index (κ1) is 15.4. The van der Waals surface area contributed by atoms with Gasteiger partial charge in [0.15, 0.2) is 0 Å². The number of fused-ring (bicyclic) bond motifs is 1. The van der Waals surface area contributed by atoms with Crippen LogP contribution in [-0.4, -0.2) is 15.1 Å². The van der Waals surface area contributed by atoms with Crippen molar-refractivity contribution in [2.75, 3.05) is 0 Å². The van der Waals surface area contributed by atoms with Gasteiger partial charge in [-0.15, -0.1) is 0 Å². The van der Waals surface area contributed by atoms with E-state index in [0.717, 1.165) is 34.6 Å². The number of nitro groups is 1. The Hall–Kier alpha value is -2.47. The molecule has 2 heterocycles. The SMILES string of the molecule is CCc1cc2c(Cl)c([N+](=O)[O-])cnc2cc1-c1c(C)noc1C. The van der Waals surface area contributed by atoms with E-state index in [1.807, 2.05) is 32.9 Å². The molecule has 0 unspecified atom stereocenters. The summed E-state index contributed by atoms with van der Waals surface area (Å²) in [5, 5.41) is 15.7. The Kier molecular flexibility index (Phi) is 3.77. The predicted molar refractivity (Wildman–Crippen MR) is 87.8 cm³/mol. The van der Waals surface area contributed by atoms with E-state index < -0.39 is 4.92 Å². The number of hydrogen-bond acceptors (Lipinski definition) is 5. The molecular weight excluding hydrogens is 318 g/mol. The molecule has 0 aliphatic rings. The second-order valence-corrected chi connectivity index (χ2v) is 5.67. The Bertz CT molecular complexity index is 914. The third-order valence-corrected chi connectivity index (χ3v) is 4.29. The predicted octanol–water partition coefficient (Wildman–Crippen LogP) is 4.63. The fourth-order valence-corrected chi connectivity index (χ4v) is 3.03. The molecule has 1 aromatic carbocycles. The fourth-order valence-electron chi connectivity index (χ4n) is 2.76. The van der Waals surface area contributed by atoms with Gasteiger partial charge in [-0.2, -0.15) is 0 Å². The van der Waals surface area contributed by atoms with Crippen LogP contribution in [-0.2, 0) is 6.42 Å². The molecule has 0 saturated heterocycles. The Balaban J connectivity index is 2.34. The first-order valence-corrected chi connectivity index (χ1v) is 7.50. The van der Waals surface area contributed by atoms with Crippen LogP contribution < -0.4 is 0 Å². The highest BCUT2D eigenvalue weighted by Crippen LogP contribution is 2.37. The van der Waals surface area contributed by atoms with E-state index in [1.165, 1.54) is 6.20 Å². The number of aromatic nitrogens is 2. The molecule has 0 saturated carbocycles. The van der Waals surface area contributed by atoms with Crippen LogP contribution in [0.3, 0.4) is 0 Å². The second-order valence-electron chi connectivity index (χ2n) is 5.29. The van der Waals surface area contributed by atoms with Gasteiger partial charge in [0.2, 0.25) is 0 Å². The summed E-state index contributed by atoms with van der Waals surface area (Å²) in [6.07, 6.45) is 1.93. The van der Waals surface area contributed by atoms with E-state index >= 15 is 0 Å². The smallest absolute Gasteiger partial charge is 0.306 e. The third-order valence-electron chi connectivity index (χ3n) is 3.89. The van der Waals surface area contributed by atoms with E-state index in [0.29, 0.717) is 10.9 Å². The molecule has 0 spiro atoms. The van der Waals surface area contributed by atoms with Crippen molar-refractivity contribution in [3.05, 3.63) is 50.5 Å². The topological polar surface area (TPSA) is 82.1 Å². The molecule has 118 valence electrons. The normalized spacial score (nSPS) is 11.1. The molecule has 23 heavy (non-hydrogen) atoms. The van der Waals surface area contributed by atoms with Crippen molar-refractivity contribution < 1.29 is 9.45 Å². The van der Waals surface area contributed by atoms with Gasteiger partial charge in [-0.3, -0.25) is 10.1 Å². The van der Waals surface area contributed by atoms with Gasteiger partial charge < -0.3 is 4.52 Å². The molecule has 2 aromatic heterocycles. The van der Waals surface area contributed by atoms with Gasteiger partial charge >= 0.3 is 5.69 Å². The Labute approximate surface area is 137 Å². The monoisotopic (exact) mass is 331 g/mol. The van der Waals surface area contributed by atoms with E-state index in [-0.39, 0.29) is 10.7 Å². The largest absolute Gasteiger partial charge is 0.361 e. The molecule has 0 aliphatic heterocycles. The number of rotatable bonds is 3. The zero-order valence-corrected chi connectivity index (χ0v) is 13.6. The Morgan fingerprint density at radius 1 is 1.35 bits per heavy atom. The number of nitrogens with zero attached hydrogens (tertiary/aromatic N) is 3. The average Bonchev–Trinajstić information content (AvgIpc) is 2.85. The summed E-state index contributed by atoms with van der Waals surface area (Å²) in [6.45, 7) is 5.75. The summed E-state index contributed by atoms with van der Waals surface area (Å²) in [5.74, 6) is 0.726. The zero-order valence-electron chi connectivity index (χ0n) is 12.9. The summed E-state index contributed by atoms with van der Waals surface area (Å²) in [4.78, 5) is 14.7. The summed E-state index contributed by atoms with van der Waals surface area (Å²) in [7, 11) is 0. The maximum atomic E-state index is 11.0. The van der Waals surface area contributed by atoms with Gasteiger partial charge in [-0.1, -0.05) is 23.7 Å². The Morgan fingerprint density at radius 3 is 2.65 bits per heavy atom. The summed E-state index contributed by atoms with van der Waals surface area (Å²) >= 11 is 6.19. The van der Waals surface area contributed by atoms with Crippen LogP contribution in [0.15, 0.2) is 22.9 Å². The van der Waals surface area contributed by atoms with Crippen LogP contribution in [0, 0.1) is 24.0 Å². The first-order chi connectivity index (χ1) is 10.9. The highest BCUT2D eigenvalue weighted by Gasteiger charge is 2.20. The van der Waals surface area contributed by atoms with Crippen LogP contribution >= 0.6 is 11.6 Å². The van der Waals surface area contributed by atoms with Crippen molar-refractivity contribution in [2.24, 2.45) is 0 Å². The van der Waals surface area contributed by atoms with Gasteiger partial charge in [-0.05, 0) is 43.5 Å². The molecule has 3 rings (SSSR count). The minimum absolute atomic E-state index is 0.111. The van der Waals surface area contributed by atoms with Crippen LogP contribution in [0.2, 0.25) is 5.02 Å². The van der Waals surface area contributed by atoms with Gasteiger partial charge in [0, 0.05) is 10.9 Å². The van der Waals surface area contributed by atoms with Gasteiger partial charge in [-0.25, -0.2) is 4.98 Å². The maximum absolute atomic E-state index is 11.0. The molecule has 7 heteroatoms. The molecule has 0 atom stereocenters. The van der Waals surface area contributed by atoms with Crippen molar-refractivity contribution in [3.63, 3.8) is 0 Å². The lowest BCUT2D eigenvalue weighted by molar-refractivity contribution is -0.384.